The van der Waals surface area contributed by atoms with Crippen LogP contribution in [-0.2, 0) is 9.68 Å². The third-order valence-electron chi connectivity index (χ3n) is 11.0. The molecule has 2 saturated heterocycles. The van der Waals surface area contributed by atoms with Crippen LogP contribution in [0.15, 0.2) is 0 Å². The Morgan fingerprint density at radius 2 is 0.738 bits per heavy atom. The minimum Gasteiger partial charge on any atom is -0.298 e. The lowest BCUT2D eigenvalue weighted by Gasteiger charge is -2.57. The number of hydrogen-bond acceptors (Lipinski definition) is 4. The smallest absolute Gasteiger partial charge is 0.0685 e. The third-order valence-corrected chi connectivity index (χ3v) is 11.0. The van der Waals surface area contributed by atoms with Crippen molar-refractivity contribution in [1.29, 1.82) is 0 Å². The quantitative estimate of drug-likeness (QED) is 0.139. The summed E-state index contributed by atoms with van der Waals surface area (Å²) in [5.74, 6) is 2.81. The van der Waals surface area contributed by atoms with Crippen LogP contribution in [0.25, 0.3) is 0 Å². The Balaban J connectivity index is 1.95. The average molecular weight is 593 g/mol. The normalized spacial score (nSPS) is 24.6. The van der Waals surface area contributed by atoms with Crippen molar-refractivity contribution < 1.29 is 9.68 Å². The van der Waals surface area contributed by atoms with Crippen molar-refractivity contribution in [2.24, 2.45) is 23.7 Å². The second-order valence-electron chi connectivity index (χ2n) is 17.1. The Morgan fingerprint density at radius 1 is 0.476 bits per heavy atom. The second-order valence-corrected chi connectivity index (χ2v) is 17.1. The van der Waals surface area contributed by atoms with Crippen LogP contribution in [0.2, 0.25) is 0 Å². The molecular formula is C38H76N2O2. The first-order chi connectivity index (χ1) is 19.6. The van der Waals surface area contributed by atoms with Crippen LogP contribution in [-0.4, -0.2) is 45.5 Å². The molecule has 2 heterocycles. The number of nitrogens with zero attached hydrogens (tertiary/aromatic N) is 2. The molecule has 2 unspecified atom stereocenters. The first-order valence-electron chi connectivity index (χ1n) is 18.5. The van der Waals surface area contributed by atoms with Crippen LogP contribution in [0, 0.1) is 23.7 Å². The summed E-state index contributed by atoms with van der Waals surface area (Å²) in [6.45, 7) is 30.8. The predicted molar refractivity (Wildman–Crippen MR) is 182 cm³/mol. The largest absolute Gasteiger partial charge is 0.298 e. The number of rotatable bonds is 19. The molecule has 2 rings (SSSR count). The monoisotopic (exact) mass is 593 g/mol. The number of hydroxylamine groups is 4. The van der Waals surface area contributed by atoms with Crippen molar-refractivity contribution in [1.82, 2.24) is 10.1 Å². The van der Waals surface area contributed by atoms with Gasteiger partial charge in [0.05, 0.1) is 13.2 Å². The molecule has 2 fully saturated rings. The summed E-state index contributed by atoms with van der Waals surface area (Å²) in [4.78, 5) is 13.1. The van der Waals surface area contributed by atoms with E-state index in [2.05, 4.69) is 93.2 Å². The van der Waals surface area contributed by atoms with Gasteiger partial charge in [-0.1, -0.05) is 91.9 Å². The summed E-state index contributed by atoms with van der Waals surface area (Å²) >= 11 is 0. The summed E-state index contributed by atoms with van der Waals surface area (Å²) in [6.07, 6.45) is 20.6. The minimum absolute atomic E-state index is 0.0505. The van der Waals surface area contributed by atoms with Gasteiger partial charge in [-0.3, -0.25) is 9.68 Å². The average Bonchev–Trinajstić information content (AvgIpc) is 2.87. The molecule has 0 aromatic heterocycles. The maximum Gasteiger partial charge on any atom is 0.0685 e. The second kappa shape index (κ2) is 17.0. The fraction of sp³-hybridized carbons (Fsp3) is 1.00. The highest BCUT2D eigenvalue weighted by Crippen LogP contribution is 2.50. The van der Waals surface area contributed by atoms with Crippen LogP contribution in [0.4, 0.5) is 0 Å². The molecule has 4 nitrogen and oxygen atoms in total. The highest BCUT2D eigenvalue weighted by Gasteiger charge is 2.51. The summed E-state index contributed by atoms with van der Waals surface area (Å²) in [5.41, 5.74) is 0.202. The zero-order valence-corrected chi connectivity index (χ0v) is 30.7. The fourth-order valence-corrected chi connectivity index (χ4v) is 9.06. The summed E-state index contributed by atoms with van der Waals surface area (Å²) in [5, 5.41) is 4.79. The zero-order valence-electron chi connectivity index (χ0n) is 30.7. The van der Waals surface area contributed by atoms with Gasteiger partial charge in [0.2, 0.25) is 0 Å². The molecule has 4 heteroatoms. The van der Waals surface area contributed by atoms with Crippen molar-refractivity contribution in [2.45, 2.75) is 208 Å². The Kier molecular flexibility index (Phi) is 15.3. The van der Waals surface area contributed by atoms with Gasteiger partial charge in [-0.05, 0) is 118 Å². The standard InChI is InChI=1S/C38H76N2O2/c1-13-15-17-19-21-23-25-41-39-35(5,6)27-33(28-36(39,7)8)31(3)32(4)34-29-37(9,10)40(38(11,12)30-34)42-26-24-22-20-18-16-14-2/h31-34H,13-30H2,1-12H3. The summed E-state index contributed by atoms with van der Waals surface area (Å²) < 4.78 is 0. The van der Waals surface area contributed by atoms with Gasteiger partial charge in [0.15, 0.2) is 0 Å². The van der Waals surface area contributed by atoms with E-state index in [9.17, 15) is 0 Å². The van der Waals surface area contributed by atoms with Gasteiger partial charge in [0, 0.05) is 22.2 Å². The Bertz CT molecular complexity index is 647. The minimum atomic E-state index is 0.0505. The summed E-state index contributed by atoms with van der Waals surface area (Å²) in [7, 11) is 0. The molecule has 0 aromatic rings. The molecule has 0 aromatic carbocycles. The highest BCUT2D eigenvalue weighted by molar-refractivity contribution is 5.01. The molecular weight excluding hydrogens is 516 g/mol. The van der Waals surface area contributed by atoms with Gasteiger partial charge in [0.25, 0.3) is 0 Å². The molecule has 0 aliphatic carbocycles. The van der Waals surface area contributed by atoms with Crippen molar-refractivity contribution in [3.05, 3.63) is 0 Å². The lowest BCUT2D eigenvalue weighted by Crippen LogP contribution is -2.62. The van der Waals surface area contributed by atoms with Crippen LogP contribution >= 0.6 is 0 Å². The number of unbranched alkanes of at least 4 members (excludes halogenated alkanes) is 10. The molecule has 0 spiro atoms. The van der Waals surface area contributed by atoms with E-state index >= 15 is 0 Å². The van der Waals surface area contributed by atoms with Gasteiger partial charge < -0.3 is 0 Å². The third kappa shape index (κ3) is 11.0. The van der Waals surface area contributed by atoms with E-state index < -0.39 is 0 Å². The molecule has 0 amide bonds. The van der Waals surface area contributed by atoms with Crippen LogP contribution in [0.1, 0.15) is 186 Å². The first-order valence-corrected chi connectivity index (χ1v) is 18.5. The highest BCUT2D eigenvalue weighted by atomic mass is 16.7. The van der Waals surface area contributed by atoms with Crippen LogP contribution < -0.4 is 0 Å². The Labute approximate surface area is 264 Å². The van der Waals surface area contributed by atoms with Crippen molar-refractivity contribution in [3.63, 3.8) is 0 Å². The molecule has 250 valence electrons. The maximum atomic E-state index is 6.57. The molecule has 0 radical (unpaired) electrons. The lowest BCUT2D eigenvalue weighted by molar-refractivity contribution is -0.296. The van der Waals surface area contributed by atoms with Gasteiger partial charge >= 0.3 is 0 Å². The van der Waals surface area contributed by atoms with Crippen LogP contribution in [0.5, 0.6) is 0 Å². The van der Waals surface area contributed by atoms with Crippen molar-refractivity contribution >= 4 is 0 Å². The Morgan fingerprint density at radius 3 is 1.02 bits per heavy atom. The van der Waals surface area contributed by atoms with E-state index in [4.69, 9.17) is 9.68 Å². The van der Waals surface area contributed by atoms with Gasteiger partial charge in [-0.15, -0.1) is 0 Å². The van der Waals surface area contributed by atoms with Crippen LogP contribution in [0.3, 0.4) is 0 Å². The molecule has 0 bridgehead atoms. The fourth-order valence-electron chi connectivity index (χ4n) is 9.06. The van der Waals surface area contributed by atoms with Gasteiger partial charge in [-0.25, -0.2) is 0 Å². The van der Waals surface area contributed by atoms with Crippen molar-refractivity contribution in [2.75, 3.05) is 13.2 Å². The van der Waals surface area contributed by atoms with Gasteiger partial charge in [-0.2, -0.15) is 10.1 Å². The van der Waals surface area contributed by atoms with Crippen molar-refractivity contribution in [3.8, 4) is 0 Å². The first kappa shape index (κ1) is 38.0. The van der Waals surface area contributed by atoms with E-state index in [1.165, 1.54) is 103 Å². The van der Waals surface area contributed by atoms with Gasteiger partial charge in [0.1, 0.15) is 0 Å². The summed E-state index contributed by atoms with van der Waals surface area (Å²) in [6, 6.07) is 0. The van der Waals surface area contributed by atoms with E-state index in [0.717, 1.165) is 13.2 Å². The number of piperidine rings is 2. The SMILES string of the molecule is CCCCCCCCON1C(C)(C)CC(C(C)C(C)C2CC(C)(C)N(OCCCCCCCC)C(C)(C)C2)CC1(C)C. The van der Waals surface area contributed by atoms with E-state index in [0.29, 0.717) is 23.7 Å². The Hall–Kier alpha value is -0.160. The van der Waals surface area contributed by atoms with E-state index in [1.807, 2.05) is 0 Å². The molecule has 2 aliphatic heterocycles. The maximum absolute atomic E-state index is 6.57. The topological polar surface area (TPSA) is 24.9 Å². The predicted octanol–water partition coefficient (Wildman–Crippen LogP) is 11.4. The molecule has 0 N–H and O–H groups in total. The molecule has 2 atom stereocenters. The van der Waals surface area contributed by atoms with E-state index in [-0.39, 0.29) is 22.2 Å². The zero-order chi connectivity index (χ0) is 31.6. The number of hydrogen-bond donors (Lipinski definition) is 0. The molecule has 0 saturated carbocycles. The molecule has 2 aliphatic rings. The lowest BCUT2D eigenvalue weighted by atomic mass is 9.62. The van der Waals surface area contributed by atoms with E-state index in [1.54, 1.807) is 0 Å². The molecule has 42 heavy (non-hydrogen) atoms.